The van der Waals surface area contributed by atoms with E-state index < -0.39 is 17.5 Å². The summed E-state index contributed by atoms with van der Waals surface area (Å²) in [7, 11) is 0. The molecule has 0 fully saturated rings. The summed E-state index contributed by atoms with van der Waals surface area (Å²) < 4.78 is 5.21. The van der Waals surface area contributed by atoms with Crippen molar-refractivity contribution in [3.8, 4) is 0 Å². The number of rotatable bonds is 7. The van der Waals surface area contributed by atoms with Gasteiger partial charge in [-0.3, -0.25) is 9.59 Å². The van der Waals surface area contributed by atoms with Crippen LogP contribution in [0.1, 0.15) is 32.8 Å². The highest BCUT2D eigenvalue weighted by molar-refractivity contribution is 5.84. The van der Waals surface area contributed by atoms with Gasteiger partial charge in [-0.2, -0.15) is 0 Å². The maximum atomic E-state index is 12.2. The normalized spacial score (nSPS) is 12.0. The molecule has 0 bridgehead atoms. The Labute approximate surface area is 135 Å². The predicted octanol–water partition coefficient (Wildman–Crippen LogP) is 2.96. The first-order valence-corrected chi connectivity index (χ1v) is 7.36. The van der Waals surface area contributed by atoms with E-state index >= 15 is 0 Å². The first kappa shape index (κ1) is 18.5. The van der Waals surface area contributed by atoms with Crippen molar-refractivity contribution in [1.82, 2.24) is 5.32 Å². The fourth-order valence-corrected chi connectivity index (χ4v) is 1.89. The second-order valence-electron chi connectivity index (χ2n) is 6.10. The number of amides is 1. The van der Waals surface area contributed by atoms with Crippen LogP contribution in [-0.2, 0) is 20.9 Å². The number of carbonyl (C=O) groups is 2. The van der Waals surface area contributed by atoms with Crippen molar-refractivity contribution in [2.45, 2.75) is 39.3 Å². The van der Waals surface area contributed by atoms with Gasteiger partial charge in [0, 0.05) is 18.0 Å². The highest BCUT2D eigenvalue weighted by Crippen LogP contribution is 2.13. The molecule has 1 N–H and O–H groups in total. The Morgan fingerprint density at radius 3 is 2.52 bits per heavy atom. The second kappa shape index (κ2) is 8.80. The lowest BCUT2D eigenvalue weighted by molar-refractivity contribution is -0.157. The number of hydrogen-bond donors (Lipinski definition) is 1. The van der Waals surface area contributed by atoms with E-state index in [1.807, 2.05) is 30.3 Å². The first-order chi connectivity index (χ1) is 10.8. The Hall–Kier alpha value is -2.53. The molecule has 0 aromatic heterocycles. The lowest BCUT2D eigenvalue weighted by Crippen LogP contribution is -2.35. The van der Waals surface area contributed by atoms with Crippen LogP contribution in [0.5, 0.6) is 0 Å². The number of esters is 1. The van der Waals surface area contributed by atoms with Gasteiger partial charge >= 0.3 is 5.97 Å². The molecule has 0 unspecified atom stereocenters. The molecule has 1 amide bonds. The minimum absolute atomic E-state index is 0.0869. The van der Waals surface area contributed by atoms with E-state index in [-0.39, 0.29) is 18.9 Å². The average Bonchev–Trinajstić information content (AvgIpc) is 2.48. The Morgan fingerprint density at radius 1 is 1.30 bits per heavy atom. The van der Waals surface area contributed by atoms with Crippen LogP contribution in [0, 0.1) is 5.92 Å². The molecule has 1 atom stereocenters. The molecule has 0 saturated carbocycles. The van der Waals surface area contributed by atoms with Gasteiger partial charge in [0.25, 0.3) is 0 Å². The van der Waals surface area contributed by atoms with Crippen molar-refractivity contribution in [2.24, 2.45) is 11.0 Å². The monoisotopic (exact) mass is 318 g/mol. The number of hydrogen-bond acceptors (Lipinski definition) is 4. The van der Waals surface area contributed by atoms with E-state index in [4.69, 9.17) is 10.3 Å². The van der Waals surface area contributed by atoms with E-state index in [0.29, 0.717) is 6.54 Å². The zero-order valence-corrected chi connectivity index (χ0v) is 13.7. The highest BCUT2D eigenvalue weighted by atomic mass is 16.6. The molecule has 1 rings (SSSR count). The molecular formula is C16H22N4O3. The molecule has 0 aliphatic heterocycles. The highest BCUT2D eigenvalue weighted by Gasteiger charge is 2.24. The minimum Gasteiger partial charge on any atom is -0.460 e. The third-order valence-electron chi connectivity index (χ3n) is 2.88. The third kappa shape index (κ3) is 7.87. The van der Waals surface area contributed by atoms with Gasteiger partial charge < -0.3 is 10.1 Å². The number of nitrogens with one attached hydrogen (secondary N) is 1. The second-order valence-corrected chi connectivity index (χ2v) is 6.10. The molecule has 7 nitrogen and oxygen atoms in total. The minimum atomic E-state index is -0.746. The van der Waals surface area contributed by atoms with Gasteiger partial charge in [-0.15, -0.1) is 0 Å². The summed E-state index contributed by atoms with van der Waals surface area (Å²) in [5, 5.41) is 6.16. The van der Waals surface area contributed by atoms with Gasteiger partial charge in [0.15, 0.2) is 0 Å². The van der Waals surface area contributed by atoms with Crippen molar-refractivity contribution in [1.29, 1.82) is 0 Å². The van der Waals surface area contributed by atoms with Crippen LogP contribution < -0.4 is 5.32 Å². The first-order valence-electron chi connectivity index (χ1n) is 7.36. The molecule has 0 heterocycles. The number of benzene rings is 1. The Bertz CT molecular complexity index is 575. The summed E-state index contributed by atoms with van der Waals surface area (Å²) in [6.45, 7) is 5.52. The zero-order chi connectivity index (χ0) is 17.3. The van der Waals surface area contributed by atoms with Crippen LogP contribution in [0.25, 0.3) is 10.4 Å². The zero-order valence-electron chi connectivity index (χ0n) is 13.7. The molecule has 0 aliphatic carbocycles. The third-order valence-corrected chi connectivity index (χ3v) is 2.88. The molecule has 7 heteroatoms. The van der Waals surface area contributed by atoms with E-state index in [0.717, 1.165) is 5.56 Å². The number of ether oxygens (including phenoxy) is 1. The summed E-state index contributed by atoms with van der Waals surface area (Å²) in [6.07, 6.45) is -0.128. The van der Waals surface area contributed by atoms with Crippen LogP contribution >= 0.6 is 0 Å². The molecule has 0 radical (unpaired) electrons. The van der Waals surface area contributed by atoms with E-state index in [1.54, 1.807) is 20.8 Å². The molecule has 23 heavy (non-hydrogen) atoms. The maximum absolute atomic E-state index is 12.2. The van der Waals surface area contributed by atoms with Gasteiger partial charge in [0.2, 0.25) is 5.91 Å². The van der Waals surface area contributed by atoms with Gasteiger partial charge in [0.05, 0.1) is 12.3 Å². The standard InChI is InChI=1S/C16H22N4O3/c1-16(2,3)23-14(21)9-13(11-19-20-17)15(22)18-10-12-7-5-4-6-8-12/h4-8,13H,9-11H2,1-3H3,(H,18,22)/t13-/m0/s1. The fourth-order valence-electron chi connectivity index (χ4n) is 1.89. The summed E-state index contributed by atoms with van der Waals surface area (Å²) in [4.78, 5) is 26.7. The van der Waals surface area contributed by atoms with Crippen LogP contribution in [0.2, 0.25) is 0 Å². The maximum Gasteiger partial charge on any atom is 0.307 e. The molecule has 0 aliphatic rings. The number of carbonyl (C=O) groups excluding carboxylic acids is 2. The Balaban J connectivity index is 2.63. The van der Waals surface area contributed by atoms with E-state index in [1.165, 1.54) is 0 Å². The summed E-state index contributed by atoms with van der Waals surface area (Å²) in [6, 6.07) is 9.41. The molecule has 0 saturated heterocycles. The van der Waals surface area contributed by atoms with Crippen molar-refractivity contribution < 1.29 is 14.3 Å². The van der Waals surface area contributed by atoms with Crippen molar-refractivity contribution >= 4 is 11.9 Å². The molecule has 124 valence electrons. The largest absolute Gasteiger partial charge is 0.460 e. The average molecular weight is 318 g/mol. The summed E-state index contributed by atoms with van der Waals surface area (Å²) in [5.41, 5.74) is 8.76. The Morgan fingerprint density at radius 2 is 1.96 bits per heavy atom. The van der Waals surface area contributed by atoms with Gasteiger partial charge in [-0.25, -0.2) is 0 Å². The van der Waals surface area contributed by atoms with E-state index in [9.17, 15) is 9.59 Å². The lowest BCUT2D eigenvalue weighted by Gasteiger charge is -2.21. The van der Waals surface area contributed by atoms with E-state index in [2.05, 4.69) is 15.3 Å². The quantitative estimate of drug-likeness (QED) is 0.361. The molecule has 1 aromatic carbocycles. The Kier molecular flexibility index (Phi) is 7.09. The van der Waals surface area contributed by atoms with Crippen molar-refractivity contribution in [3.05, 3.63) is 46.3 Å². The molecule has 0 spiro atoms. The van der Waals surface area contributed by atoms with Gasteiger partial charge in [-0.1, -0.05) is 35.4 Å². The smallest absolute Gasteiger partial charge is 0.307 e. The van der Waals surface area contributed by atoms with Crippen LogP contribution in [0.15, 0.2) is 35.4 Å². The van der Waals surface area contributed by atoms with Crippen LogP contribution in [-0.4, -0.2) is 24.0 Å². The van der Waals surface area contributed by atoms with Crippen LogP contribution in [0.4, 0.5) is 0 Å². The molecule has 1 aromatic rings. The van der Waals surface area contributed by atoms with Crippen molar-refractivity contribution in [3.63, 3.8) is 0 Å². The van der Waals surface area contributed by atoms with Gasteiger partial charge in [0.1, 0.15) is 5.60 Å². The predicted molar refractivity (Wildman–Crippen MR) is 86.3 cm³/mol. The van der Waals surface area contributed by atoms with Gasteiger partial charge in [-0.05, 0) is 31.9 Å². The number of nitrogens with zero attached hydrogens (tertiary/aromatic N) is 3. The molecular weight excluding hydrogens is 296 g/mol. The van der Waals surface area contributed by atoms with Crippen molar-refractivity contribution in [2.75, 3.05) is 6.54 Å². The fraction of sp³-hybridized carbons (Fsp3) is 0.500. The number of azide groups is 1. The SMILES string of the molecule is CC(C)(C)OC(=O)C[C@@H](CN=[N+]=[N-])C(=O)NCc1ccccc1. The van der Waals surface area contributed by atoms with Crippen LogP contribution in [0.3, 0.4) is 0 Å². The summed E-state index contributed by atoms with van der Waals surface area (Å²) in [5.74, 6) is -1.58. The topological polar surface area (TPSA) is 104 Å². The lowest BCUT2D eigenvalue weighted by atomic mass is 10.0. The summed E-state index contributed by atoms with van der Waals surface area (Å²) >= 11 is 0.